The van der Waals surface area contributed by atoms with Crippen molar-refractivity contribution in [3.63, 3.8) is 0 Å². The summed E-state index contributed by atoms with van der Waals surface area (Å²) in [5.41, 5.74) is 2.73. The van der Waals surface area contributed by atoms with Gasteiger partial charge in [0.1, 0.15) is 23.0 Å². The monoisotopic (exact) mass is 910 g/mol. The molecule has 0 unspecified atom stereocenters. The molecule has 0 aliphatic heterocycles. The smallest absolute Gasteiger partial charge is 0.269 e. The van der Waals surface area contributed by atoms with E-state index in [9.17, 15) is 60.9 Å². The summed E-state index contributed by atoms with van der Waals surface area (Å²) in [6.07, 6.45) is 2.46. The summed E-state index contributed by atoms with van der Waals surface area (Å²) in [6.45, 7) is 31.0. The van der Waals surface area contributed by atoms with Crippen LogP contribution >= 0.6 is 0 Å². The maximum Gasteiger partial charge on any atom is 0.269 e. The Morgan fingerprint density at radius 3 is 0.953 bits per heavy atom. The summed E-state index contributed by atoms with van der Waals surface area (Å²) in [4.78, 5) is 45.0. The Bertz CT molecular complexity index is 1800. The van der Waals surface area contributed by atoms with E-state index in [1.165, 1.54) is 19.1 Å². The van der Waals surface area contributed by atoms with Crippen molar-refractivity contribution in [1.29, 1.82) is 0 Å². The molecule has 19 heteroatoms. The maximum atomic E-state index is 10.2. The van der Waals surface area contributed by atoms with Gasteiger partial charge < -0.3 is 20.4 Å². The summed E-state index contributed by atoms with van der Waals surface area (Å²) in [6, 6.07) is 14.3. The van der Waals surface area contributed by atoms with Gasteiger partial charge in [-0.25, -0.2) is 0 Å². The van der Waals surface area contributed by atoms with Gasteiger partial charge in [-0.15, -0.1) is 0 Å². The molecule has 0 aromatic heterocycles. The fourth-order valence-electron chi connectivity index (χ4n) is 4.55. The van der Waals surface area contributed by atoms with Crippen molar-refractivity contribution in [3.05, 3.63) is 127 Å². The third-order valence-corrected chi connectivity index (χ3v) is 9.12. The molecule has 0 spiro atoms. The van der Waals surface area contributed by atoms with Crippen molar-refractivity contribution >= 4 is 5.69 Å². The molecular formula is C45H75N5O14. The van der Waals surface area contributed by atoms with Gasteiger partial charge in [0.15, 0.2) is 7.05 Å². The number of para-hydroxylation sites is 1. The van der Waals surface area contributed by atoms with Crippen molar-refractivity contribution in [2.24, 2.45) is 0 Å². The molecule has 0 fully saturated rings. The molecular weight excluding hydrogens is 835 g/mol. The van der Waals surface area contributed by atoms with Crippen LogP contribution < -0.4 is 0 Å². The Morgan fingerprint density at radius 1 is 0.531 bits per heavy atom. The summed E-state index contributed by atoms with van der Waals surface area (Å²) < 4.78 is 0. The number of phenolic OH excluding ortho intramolecular Hbond substituents is 4. The molecule has 0 atom stereocenters. The quantitative estimate of drug-likeness (QED) is 0.0882. The van der Waals surface area contributed by atoms with Crippen molar-refractivity contribution in [2.75, 3.05) is 20.1 Å². The molecule has 3 rings (SSSR count). The molecule has 0 amide bonds. The van der Waals surface area contributed by atoms with Gasteiger partial charge in [-0.1, -0.05) is 108 Å². The largest absolute Gasteiger partial charge is 0.508 e. The molecule has 0 saturated carbocycles. The second-order valence-electron chi connectivity index (χ2n) is 17.9. The van der Waals surface area contributed by atoms with Gasteiger partial charge in [0.25, 0.3) is 5.69 Å². The zero-order chi connectivity index (χ0) is 51.6. The van der Waals surface area contributed by atoms with E-state index in [0.29, 0.717) is 6.42 Å². The van der Waals surface area contributed by atoms with Crippen molar-refractivity contribution in [2.45, 2.75) is 158 Å². The lowest BCUT2D eigenvalue weighted by molar-refractivity contribution is -0.513. The van der Waals surface area contributed by atoms with Crippen LogP contribution in [0.3, 0.4) is 0 Å². The Hall–Kier alpha value is -6.14. The first-order chi connectivity index (χ1) is 28.9. The van der Waals surface area contributed by atoms with Crippen LogP contribution in [0.5, 0.6) is 23.0 Å². The van der Waals surface area contributed by atoms with Gasteiger partial charge in [-0.2, -0.15) is 0 Å². The number of nitrogens with zero attached hydrogens (tertiary/aromatic N) is 5. The minimum atomic E-state index is -0.500. The SMILES string of the molecule is CC(C)(C)c1cc(O)c(C(C)(C)C)cc1O.CC(C)[N+](=O)[O-].CCC(C)(C)c1cc(O)c(C(C)(C)CC)cc1O.CCC[N+](=O)[O-].CC[N+](=O)[O-].C[N+](=O)[O-].O=[N+]([O-])c1ccccc1. The van der Waals surface area contributed by atoms with Crippen LogP contribution in [0.15, 0.2) is 54.6 Å². The highest BCUT2D eigenvalue weighted by Gasteiger charge is 2.28. The molecule has 19 nitrogen and oxygen atoms in total. The predicted molar refractivity (Wildman–Crippen MR) is 251 cm³/mol. The van der Waals surface area contributed by atoms with Crippen molar-refractivity contribution in [3.8, 4) is 23.0 Å². The van der Waals surface area contributed by atoms with Crippen molar-refractivity contribution < 1.29 is 45.0 Å². The number of phenols is 4. The third-order valence-electron chi connectivity index (χ3n) is 9.12. The Balaban J connectivity index is -0.000000354. The highest BCUT2D eigenvalue weighted by Crippen LogP contribution is 2.43. The van der Waals surface area contributed by atoms with Gasteiger partial charge in [-0.05, 0) is 58.8 Å². The van der Waals surface area contributed by atoms with Crippen LogP contribution in [0, 0.1) is 50.6 Å². The molecule has 0 bridgehead atoms. The zero-order valence-electron chi connectivity index (χ0n) is 40.9. The highest BCUT2D eigenvalue weighted by molar-refractivity contribution is 5.51. The molecule has 0 aliphatic carbocycles. The fourth-order valence-corrected chi connectivity index (χ4v) is 4.55. The van der Waals surface area contributed by atoms with Gasteiger partial charge in [0.2, 0.25) is 19.1 Å². The van der Waals surface area contributed by atoms with E-state index >= 15 is 0 Å². The van der Waals surface area contributed by atoms with E-state index in [0.717, 1.165) is 42.1 Å². The molecule has 0 heterocycles. The standard InChI is InChI=1S/C16H26O2.C14H22O2.C6H5NO2.2C3H7NO2.C2H5NO2.CH3NO2/c1-7-15(3,4)11-9-14(18)12(10-13(11)17)16(5,6)8-2;1-13(2,3)9-7-12(16)10(8-11(9)15)14(4,5)6;8-7(9)6-4-2-1-3-5-6;1-3(2)4(5)6;1-2-3-4(5)6;1-2-3(4)5;1-2(3)4/h9-10,17-18H,7-8H2,1-6H3;7-8,15-16H,1-6H3;1-5H;3H,1-2H3;2-3H2,1H3;2H2,1H3;1H3. The molecule has 3 aromatic carbocycles. The Morgan fingerprint density at radius 2 is 0.797 bits per heavy atom. The van der Waals surface area contributed by atoms with Crippen LogP contribution in [0.1, 0.15) is 152 Å². The summed E-state index contributed by atoms with van der Waals surface area (Å²) in [7, 11) is 0.889. The number of nitro benzene ring substituents is 1. The molecule has 0 aliphatic rings. The molecule has 364 valence electrons. The molecule has 0 radical (unpaired) electrons. The van der Waals surface area contributed by atoms with Gasteiger partial charge in [0.05, 0.1) is 4.92 Å². The van der Waals surface area contributed by atoms with E-state index in [1.54, 1.807) is 63.2 Å². The zero-order valence-corrected chi connectivity index (χ0v) is 40.9. The average molecular weight is 910 g/mol. The minimum absolute atomic E-state index is 0.0278. The second-order valence-corrected chi connectivity index (χ2v) is 17.9. The lowest BCUT2D eigenvalue weighted by Gasteiger charge is -2.29. The number of nitro groups is 5. The molecule has 64 heavy (non-hydrogen) atoms. The van der Waals surface area contributed by atoms with E-state index in [1.807, 2.05) is 41.5 Å². The van der Waals surface area contributed by atoms with Crippen molar-refractivity contribution in [1.82, 2.24) is 0 Å². The van der Waals surface area contributed by atoms with Crippen LogP contribution in [0.25, 0.3) is 0 Å². The minimum Gasteiger partial charge on any atom is -0.508 e. The summed E-state index contributed by atoms with van der Waals surface area (Å²) >= 11 is 0. The fraction of sp³-hybridized carbons (Fsp3) is 0.600. The average Bonchev–Trinajstić information content (AvgIpc) is 3.16. The Kier molecular flexibility index (Phi) is 30.3. The van der Waals surface area contributed by atoms with E-state index in [-0.39, 0.29) is 78.2 Å². The number of non-ortho nitro benzene ring substituents is 1. The van der Waals surface area contributed by atoms with Gasteiger partial charge in [-0.3, -0.25) is 50.6 Å². The van der Waals surface area contributed by atoms with Crippen LogP contribution in [0.4, 0.5) is 5.69 Å². The van der Waals surface area contributed by atoms with Crippen LogP contribution in [0.2, 0.25) is 0 Å². The normalized spacial score (nSPS) is 10.7. The van der Waals surface area contributed by atoms with E-state index in [4.69, 9.17) is 10.1 Å². The van der Waals surface area contributed by atoms with Gasteiger partial charge in [0, 0.05) is 81.3 Å². The van der Waals surface area contributed by atoms with Crippen LogP contribution in [-0.2, 0) is 21.7 Å². The molecule has 3 aromatic rings. The number of hydrogen-bond donors (Lipinski definition) is 4. The topological polar surface area (TPSA) is 297 Å². The Labute approximate surface area is 378 Å². The maximum absolute atomic E-state index is 10.2. The number of benzene rings is 3. The molecule has 4 N–H and O–H groups in total. The number of hydrogen-bond acceptors (Lipinski definition) is 14. The van der Waals surface area contributed by atoms with E-state index < -0.39 is 15.9 Å². The molecule has 0 saturated heterocycles. The predicted octanol–water partition coefficient (Wildman–Crippen LogP) is 11.3. The summed E-state index contributed by atoms with van der Waals surface area (Å²) in [5.74, 6) is 1.10. The number of rotatable bonds is 9. The lowest BCUT2D eigenvalue weighted by atomic mass is 9.77. The summed E-state index contributed by atoms with van der Waals surface area (Å²) in [5, 5.41) is 87.4. The van der Waals surface area contributed by atoms with E-state index in [2.05, 4.69) is 41.5 Å². The highest BCUT2D eigenvalue weighted by atomic mass is 16.6. The lowest BCUT2D eigenvalue weighted by Crippen LogP contribution is -2.19. The third kappa shape index (κ3) is 28.5. The second kappa shape index (κ2) is 30.0. The first-order valence-corrected chi connectivity index (χ1v) is 20.7. The first kappa shape index (κ1) is 64.5. The van der Waals surface area contributed by atoms with Gasteiger partial charge >= 0.3 is 0 Å². The number of aromatic hydroxyl groups is 4. The van der Waals surface area contributed by atoms with Crippen LogP contribution in [-0.4, -0.2) is 71.2 Å². The first-order valence-electron chi connectivity index (χ1n) is 20.7.